The molecule has 1 rings (SSSR count). The molecule has 0 aliphatic carbocycles. The van der Waals surface area contributed by atoms with E-state index in [4.69, 9.17) is 16.7 Å². The van der Waals surface area contributed by atoms with Gasteiger partial charge < -0.3 is 15.7 Å². The number of halogens is 1. The van der Waals surface area contributed by atoms with Gasteiger partial charge in [0.15, 0.2) is 0 Å². The summed E-state index contributed by atoms with van der Waals surface area (Å²) in [4.78, 5) is 11.6. The molecule has 1 aromatic rings. The molecule has 0 radical (unpaired) electrons. The number of hydrogen-bond donors (Lipinski definition) is 3. The summed E-state index contributed by atoms with van der Waals surface area (Å²) in [7, 11) is 0. The molecule has 94 valence electrons. The minimum atomic E-state index is -0.335. The second kappa shape index (κ2) is 5.89. The molecule has 2 amide bonds. The molecule has 0 atom stereocenters. The fourth-order valence-electron chi connectivity index (χ4n) is 1.10. The normalized spacial score (nSPS) is 11.1. The van der Waals surface area contributed by atoms with Gasteiger partial charge in [-0.05, 0) is 12.1 Å². The molecule has 5 heteroatoms. The third-order valence-electron chi connectivity index (χ3n) is 2.28. The maximum absolute atomic E-state index is 11.6. The van der Waals surface area contributed by atoms with E-state index in [-0.39, 0.29) is 18.1 Å². The highest BCUT2D eigenvalue weighted by Gasteiger charge is 2.17. The maximum Gasteiger partial charge on any atom is 0.319 e. The van der Waals surface area contributed by atoms with Crippen LogP contribution < -0.4 is 10.6 Å². The van der Waals surface area contributed by atoms with Crippen molar-refractivity contribution in [2.24, 2.45) is 5.41 Å². The van der Waals surface area contributed by atoms with Crippen LogP contribution >= 0.6 is 11.6 Å². The lowest BCUT2D eigenvalue weighted by Crippen LogP contribution is -2.38. The number of benzene rings is 1. The number of anilines is 1. The van der Waals surface area contributed by atoms with Crippen molar-refractivity contribution in [1.82, 2.24) is 5.32 Å². The van der Waals surface area contributed by atoms with Crippen LogP contribution in [0.4, 0.5) is 10.5 Å². The summed E-state index contributed by atoms with van der Waals surface area (Å²) in [6.45, 7) is 4.13. The average molecular weight is 257 g/mol. The smallest absolute Gasteiger partial charge is 0.319 e. The van der Waals surface area contributed by atoms with Gasteiger partial charge in [-0.25, -0.2) is 4.79 Å². The first-order valence-electron chi connectivity index (χ1n) is 5.35. The first-order chi connectivity index (χ1) is 7.94. The van der Waals surface area contributed by atoms with Crippen molar-refractivity contribution in [3.05, 3.63) is 29.3 Å². The van der Waals surface area contributed by atoms with Gasteiger partial charge in [0, 0.05) is 18.6 Å². The Morgan fingerprint density at radius 2 is 2.06 bits per heavy atom. The monoisotopic (exact) mass is 256 g/mol. The molecule has 0 heterocycles. The Balaban J connectivity index is 2.48. The number of carbonyl (C=O) groups is 1. The molecule has 0 unspecified atom stereocenters. The van der Waals surface area contributed by atoms with Crippen LogP contribution in [0, 0.1) is 5.41 Å². The Hall–Kier alpha value is -1.26. The topological polar surface area (TPSA) is 61.4 Å². The van der Waals surface area contributed by atoms with Crippen molar-refractivity contribution in [3.63, 3.8) is 0 Å². The van der Waals surface area contributed by atoms with Crippen molar-refractivity contribution in [2.45, 2.75) is 13.8 Å². The second-order valence-electron chi connectivity index (χ2n) is 4.61. The number of urea groups is 1. The molecule has 0 aliphatic rings. The standard InChI is InChI=1S/C12H17ClN2O2/c1-12(2,8-16)7-14-11(17)15-10-6-4-3-5-9(10)13/h3-6,16H,7-8H2,1-2H3,(H2,14,15,17). The van der Waals surface area contributed by atoms with Gasteiger partial charge in [-0.2, -0.15) is 0 Å². The number of amides is 2. The SMILES string of the molecule is CC(C)(CO)CNC(=O)Nc1ccccc1Cl. The van der Waals surface area contributed by atoms with Gasteiger partial charge in [-0.15, -0.1) is 0 Å². The van der Waals surface area contributed by atoms with E-state index in [1.54, 1.807) is 24.3 Å². The van der Waals surface area contributed by atoms with Crippen LogP contribution in [0.3, 0.4) is 0 Å². The van der Waals surface area contributed by atoms with Crippen LogP contribution in [0.2, 0.25) is 5.02 Å². The van der Waals surface area contributed by atoms with Crippen molar-refractivity contribution in [1.29, 1.82) is 0 Å². The molecular weight excluding hydrogens is 240 g/mol. The molecular formula is C12H17ClN2O2. The lowest BCUT2D eigenvalue weighted by molar-refractivity contribution is 0.158. The van der Waals surface area contributed by atoms with E-state index in [1.807, 2.05) is 13.8 Å². The summed E-state index contributed by atoms with van der Waals surface area (Å²) >= 11 is 5.90. The van der Waals surface area contributed by atoms with E-state index in [1.165, 1.54) is 0 Å². The zero-order valence-corrected chi connectivity index (χ0v) is 10.7. The van der Waals surface area contributed by atoms with Gasteiger partial charge in [-0.3, -0.25) is 0 Å². The van der Waals surface area contributed by atoms with Crippen LogP contribution in [0.15, 0.2) is 24.3 Å². The van der Waals surface area contributed by atoms with Crippen LogP contribution in [0.25, 0.3) is 0 Å². The lowest BCUT2D eigenvalue weighted by atomic mass is 9.95. The molecule has 1 aromatic carbocycles. The van der Waals surface area contributed by atoms with Gasteiger partial charge >= 0.3 is 6.03 Å². The number of para-hydroxylation sites is 1. The maximum atomic E-state index is 11.6. The summed E-state index contributed by atoms with van der Waals surface area (Å²) in [6, 6.07) is 6.67. The van der Waals surface area contributed by atoms with E-state index in [9.17, 15) is 4.79 Å². The zero-order valence-electron chi connectivity index (χ0n) is 9.96. The van der Waals surface area contributed by atoms with Crippen LogP contribution in [0.5, 0.6) is 0 Å². The largest absolute Gasteiger partial charge is 0.396 e. The minimum absolute atomic E-state index is 0.0133. The quantitative estimate of drug-likeness (QED) is 0.775. The third-order valence-corrected chi connectivity index (χ3v) is 2.61. The number of aliphatic hydroxyl groups excluding tert-OH is 1. The Kier molecular flexibility index (Phi) is 4.78. The lowest BCUT2D eigenvalue weighted by Gasteiger charge is -2.22. The minimum Gasteiger partial charge on any atom is -0.396 e. The van der Waals surface area contributed by atoms with Crippen molar-refractivity contribution < 1.29 is 9.90 Å². The molecule has 0 aliphatic heterocycles. The van der Waals surface area contributed by atoms with Crippen LogP contribution in [-0.2, 0) is 0 Å². The first-order valence-corrected chi connectivity index (χ1v) is 5.73. The second-order valence-corrected chi connectivity index (χ2v) is 5.02. The molecule has 0 aromatic heterocycles. The van der Waals surface area contributed by atoms with Crippen LogP contribution in [-0.4, -0.2) is 24.3 Å². The number of carbonyl (C=O) groups excluding carboxylic acids is 1. The molecule has 0 spiro atoms. The molecule has 0 fully saturated rings. The zero-order chi connectivity index (χ0) is 12.9. The van der Waals surface area contributed by atoms with Crippen molar-refractivity contribution >= 4 is 23.3 Å². The predicted molar refractivity (Wildman–Crippen MR) is 69.3 cm³/mol. The van der Waals surface area contributed by atoms with Gasteiger partial charge in [0.25, 0.3) is 0 Å². The molecule has 4 nitrogen and oxygen atoms in total. The number of aliphatic hydroxyl groups is 1. The van der Waals surface area contributed by atoms with E-state index in [0.29, 0.717) is 17.3 Å². The average Bonchev–Trinajstić information content (AvgIpc) is 2.30. The number of hydrogen-bond acceptors (Lipinski definition) is 2. The van der Waals surface area contributed by atoms with E-state index in [2.05, 4.69) is 10.6 Å². The predicted octanol–water partition coefficient (Wildman–Crippen LogP) is 2.48. The van der Waals surface area contributed by atoms with Gasteiger partial charge in [0.2, 0.25) is 0 Å². The third kappa shape index (κ3) is 4.63. The fraction of sp³-hybridized carbons (Fsp3) is 0.417. The van der Waals surface area contributed by atoms with Gasteiger partial charge in [-0.1, -0.05) is 37.6 Å². The molecule has 3 N–H and O–H groups in total. The van der Waals surface area contributed by atoms with E-state index in [0.717, 1.165) is 0 Å². The Bertz CT molecular complexity index is 394. The summed E-state index contributed by atoms with van der Waals surface area (Å²) < 4.78 is 0. The summed E-state index contributed by atoms with van der Waals surface area (Å²) in [5, 5.41) is 14.9. The Morgan fingerprint density at radius 3 is 2.65 bits per heavy atom. The van der Waals surface area contributed by atoms with Crippen molar-refractivity contribution in [3.8, 4) is 0 Å². The van der Waals surface area contributed by atoms with Crippen LogP contribution in [0.1, 0.15) is 13.8 Å². The van der Waals surface area contributed by atoms with Gasteiger partial charge in [0.1, 0.15) is 0 Å². The Morgan fingerprint density at radius 1 is 1.41 bits per heavy atom. The highest BCUT2D eigenvalue weighted by Crippen LogP contribution is 2.20. The Labute approximate surface area is 106 Å². The summed E-state index contributed by atoms with van der Waals surface area (Å²) in [6.07, 6.45) is 0. The number of rotatable bonds is 4. The number of nitrogens with one attached hydrogen (secondary N) is 2. The molecule has 0 saturated heterocycles. The van der Waals surface area contributed by atoms with E-state index < -0.39 is 0 Å². The van der Waals surface area contributed by atoms with Crippen molar-refractivity contribution in [2.75, 3.05) is 18.5 Å². The van der Waals surface area contributed by atoms with E-state index >= 15 is 0 Å². The molecule has 17 heavy (non-hydrogen) atoms. The van der Waals surface area contributed by atoms with Gasteiger partial charge in [0.05, 0.1) is 10.7 Å². The first kappa shape index (κ1) is 13.8. The summed E-state index contributed by atoms with van der Waals surface area (Å²) in [5.74, 6) is 0. The molecule has 0 bridgehead atoms. The summed E-state index contributed by atoms with van der Waals surface area (Å²) in [5.41, 5.74) is 0.228. The molecule has 0 saturated carbocycles. The highest BCUT2D eigenvalue weighted by molar-refractivity contribution is 6.33. The fourth-order valence-corrected chi connectivity index (χ4v) is 1.29. The highest BCUT2D eigenvalue weighted by atomic mass is 35.5.